The molecule has 0 saturated carbocycles. The van der Waals surface area contributed by atoms with Crippen molar-refractivity contribution < 1.29 is 0 Å². The van der Waals surface area contributed by atoms with Crippen LogP contribution in [0, 0.1) is 0 Å². The zero-order chi connectivity index (χ0) is 14.8. The molecule has 0 bridgehead atoms. The van der Waals surface area contributed by atoms with E-state index in [-0.39, 0.29) is 0 Å². The maximum Gasteiger partial charge on any atom is -0.00577 e. The molecule has 0 heteroatoms. The van der Waals surface area contributed by atoms with Gasteiger partial charge in [0.15, 0.2) is 0 Å². The van der Waals surface area contributed by atoms with Gasteiger partial charge in [-0.05, 0) is 53.0 Å². The molecule has 1 unspecified atom stereocenters. The minimum absolute atomic E-state index is 0.601. The SMILES string of the molecule is CCC1=Cc2c(ccc(C(C)CC)c2-c2ccccc2)C1. The van der Waals surface area contributed by atoms with E-state index in [4.69, 9.17) is 0 Å². The van der Waals surface area contributed by atoms with Gasteiger partial charge in [-0.3, -0.25) is 0 Å². The van der Waals surface area contributed by atoms with Gasteiger partial charge in [-0.2, -0.15) is 0 Å². The summed E-state index contributed by atoms with van der Waals surface area (Å²) in [5, 5.41) is 0. The smallest absolute Gasteiger partial charge is 0.00577 e. The lowest BCUT2D eigenvalue weighted by Gasteiger charge is -2.19. The molecule has 0 aliphatic heterocycles. The zero-order valence-electron chi connectivity index (χ0n) is 13.3. The second-order valence-electron chi connectivity index (χ2n) is 6.11. The molecule has 1 aliphatic carbocycles. The van der Waals surface area contributed by atoms with E-state index in [0.29, 0.717) is 5.92 Å². The lowest BCUT2D eigenvalue weighted by atomic mass is 9.85. The van der Waals surface area contributed by atoms with Gasteiger partial charge in [-0.25, -0.2) is 0 Å². The molecule has 2 aromatic rings. The van der Waals surface area contributed by atoms with E-state index in [9.17, 15) is 0 Å². The molecule has 0 amide bonds. The van der Waals surface area contributed by atoms with Crippen LogP contribution in [0.3, 0.4) is 0 Å². The van der Waals surface area contributed by atoms with Gasteiger partial charge < -0.3 is 0 Å². The van der Waals surface area contributed by atoms with Gasteiger partial charge in [-0.1, -0.05) is 74.9 Å². The first-order valence-electron chi connectivity index (χ1n) is 8.15. The Labute approximate surface area is 128 Å². The van der Waals surface area contributed by atoms with Crippen molar-refractivity contribution in [3.63, 3.8) is 0 Å². The molecule has 108 valence electrons. The number of benzene rings is 2. The summed E-state index contributed by atoms with van der Waals surface area (Å²) in [6.45, 7) is 6.88. The highest BCUT2D eigenvalue weighted by Crippen LogP contribution is 2.40. The Morgan fingerprint density at radius 1 is 1.00 bits per heavy atom. The van der Waals surface area contributed by atoms with E-state index >= 15 is 0 Å². The van der Waals surface area contributed by atoms with Crippen molar-refractivity contribution in [2.45, 2.75) is 46.0 Å². The molecule has 0 aromatic heterocycles. The topological polar surface area (TPSA) is 0 Å². The van der Waals surface area contributed by atoms with Gasteiger partial charge >= 0.3 is 0 Å². The van der Waals surface area contributed by atoms with Crippen molar-refractivity contribution in [1.29, 1.82) is 0 Å². The molecular weight excluding hydrogens is 252 g/mol. The Morgan fingerprint density at radius 2 is 1.76 bits per heavy atom. The quantitative estimate of drug-likeness (QED) is 0.622. The van der Waals surface area contributed by atoms with Crippen LogP contribution in [0.5, 0.6) is 0 Å². The van der Waals surface area contributed by atoms with E-state index in [0.717, 1.165) is 12.8 Å². The zero-order valence-corrected chi connectivity index (χ0v) is 13.3. The summed E-state index contributed by atoms with van der Waals surface area (Å²) in [6.07, 6.45) is 5.90. The van der Waals surface area contributed by atoms with Crippen LogP contribution >= 0.6 is 0 Å². The molecule has 1 atom stereocenters. The molecule has 0 N–H and O–H groups in total. The van der Waals surface area contributed by atoms with Crippen molar-refractivity contribution in [3.8, 4) is 11.1 Å². The Morgan fingerprint density at radius 3 is 2.43 bits per heavy atom. The van der Waals surface area contributed by atoms with Crippen molar-refractivity contribution in [3.05, 3.63) is 64.7 Å². The standard InChI is InChI=1S/C21H24/c1-4-15(3)19-12-11-18-13-16(5-2)14-20(18)21(19)17-9-7-6-8-10-17/h6-12,14-15H,4-5,13H2,1-3H3. The second-order valence-corrected chi connectivity index (χ2v) is 6.11. The highest BCUT2D eigenvalue weighted by molar-refractivity contribution is 5.83. The van der Waals surface area contributed by atoms with Crippen LogP contribution in [0.25, 0.3) is 17.2 Å². The summed E-state index contributed by atoms with van der Waals surface area (Å²) >= 11 is 0. The first-order chi connectivity index (χ1) is 10.2. The molecule has 0 spiro atoms. The summed E-state index contributed by atoms with van der Waals surface area (Å²) in [4.78, 5) is 0. The van der Waals surface area contributed by atoms with Crippen LogP contribution in [-0.4, -0.2) is 0 Å². The van der Waals surface area contributed by atoms with Gasteiger partial charge in [0, 0.05) is 0 Å². The van der Waals surface area contributed by atoms with Crippen LogP contribution in [0.4, 0.5) is 0 Å². The normalized spacial score (nSPS) is 14.7. The maximum atomic E-state index is 2.43. The summed E-state index contributed by atoms with van der Waals surface area (Å²) in [5.74, 6) is 0.601. The molecule has 0 nitrogen and oxygen atoms in total. The first kappa shape index (κ1) is 14.1. The second kappa shape index (κ2) is 5.89. The summed E-state index contributed by atoms with van der Waals surface area (Å²) in [6, 6.07) is 15.6. The number of hydrogen-bond donors (Lipinski definition) is 0. The van der Waals surface area contributed by atoms with Crippen molar-refractivity contribution in [2.24, 2.45) is 0 Å². The van der Waals surface area contributed by atoms with E-state index in [1.165, 1.54) is 34.2 Å². The van der Waals surface area contributed by atoms with E-state index in [1.807, 2.05) is 0 Å². The predicted octanol–water partition coefficient (Wildman–Crippen LogP) is 6.22. The van der Waals surface area contributed by atoms with Gasteiger partial charge in [0.2, 0.25) is 0 Å². The molecule has 2 aromatic carbocycles. The Hall–Kier alpha value is -1.82. The predicted molar refractivity (Wildman–Crippen MR) is 92.6 cm³/mol. The highest BCUT2D eigenvalue weighted by Gasteiger charge is 2.20. The third-order valence-corrected chi connectivity index (χ3v) is 4.79. The Bertz CT molecular complexity index is 662. The largest absolute Gasteiger partial charge is 0.0655 e. The van der Waals surface area contributed by atoms with Crippen LogP contribution in [0.1, 0.15) is 56.2 Å². The summed E-state index contributed by atoms with van der Waals surface area (Å²) in [7, 11) is 0. The number of allylic oxidation sites excluding steroid dienone is 1. The minimum atomic E-state index is 0.601. The van der Waals surface area contributed by atoms with Crippen LogP contribution in [0.2, 0.25) is 0 Å². The van der Waals surface area contributed by atoms with Crippen LogP contribution < -0.4 is 0 Å². The average Bonchev–Trinajstić information content (AvgIpc) is 2.97. The average molecular weight is 276 g/mol. The van der Waals surface area contributed by atoms with Crippen LogP contribution in [-0.2, 0) is 6.42 Å². The fourth-order valence-electron chi connectivity index (χ4n) is 3.28. The van der Waals surface area contributed by atoms with Crippen LogP contribution in [0.15, 0.2) is 48.0 Å². The van der Waals surface area contributed by atoms with E-state index < -0.39 is 0 Å². The molecule has 1 aliphatic rings. The van der Waals surface area contributed by atoms with Gasteiger partial charge in [0.25, 0.3) is 0 Å². The molecule has 21 heavy (non-hydrogen) atoms. The Kier molecular flexibility index (Phi) is 3.96. The van der Waals surface area contributed by atoms with Gasteiger partial charge in [-0.15, -0.1) is 0 Å². The number of rotatable bonds is 4. The highest BCUT2D eigenvalue weighted by atomic mass is 14.2. The summed E-state index contributed by atoms with van der Waals surface area (Å²) in [5.41, 5.74) is 8.84. The Balaban J connectivity index is 2.23. The monoisotopic (exact) mass is 276 g/mol. The fraction of sp³-hybridized carbons (Fsp3) is 0.333. The first-order valence-corrected chi connectivity index (χ1v) is 8.15. The van der Waals surface area contributed by atoms with Gasteiger partial charge in [0.1, 0.15) is 0 Å². The summed E-state index contributed by atoms with van der Waals surface area (Å²) < 4.78 is 0. The number of hydrogen-bond acceptors (Lipinski definition) is 0. The van der Waals surface area contributed by atoms with E-state index in [2.05, 4.69) is 69.3 Å². The van der Waals surface area contributed by atoms with E-state index in [1.54, 1.807) is 5.57 Å². The van der Waals surface area contributed by atoms with Crippen molar-refractivity contribution in [1.82, 2.24) is 0 Å². The third-order valence-electron chi connectivity index (χ3n) is 4.79. The molecule has 0 fully saturated rings. The minimum Gasteiger partial charge on any atom is -0.0655 e. The number of fused-ring (bicyclic) bond motifs is 1. The van der Waals surface area contributed by atoms with Crippen molar-refractivity contribution >= 4 is 6.08 Å². The maximum absolute atomic E-state index is 2.43. The molecule has 3 rings (SSSR count). The lowest BCUT2D eigenvalue weighted by molar-refractivity contribution is 0.735. The molecule has 0 saturated heterocycles. The molecular formula is C21H24. The van der Waals surface area contributed by atoms with Crippen molar-refractivity contribution in [2.75, 3.05) is 0 Å². The lowest BCUT2D eigenvalue weighted by Crippen LogP contribution is -1.99. The molecule has 0 heterocycles. The third kappa shape index (κ3) is 2.55. The molecule has 0 radical (unpaired) electrons. The van der Waals surface area contributed by atoms with Gasteiger partial charge in [0.05, 0.1) is 0 Å². The fourth-order valence-corrected chi connectivity index (χ4v) is 3.28.